The van der Waals surface area contributed by atoms with Crippen LogP contribution in [0.4, 0.5) is 0 Å². The molecule has 1 aromatic rings. The zero-order chi connectivity index (χ0) is 16.7. The average molecular weight is 319 g/mol. The number of phenols is 1. The van der Waals surface area contributed by atoms with Crippen LogP contribution in [0.2, 0.25) is 0 Å². The summed E-state index contributed by atoms with van der Waals surface area (Å²) in [4.78, 5) is 25.9. The lowest BCUT2D eigenvalue weighted by Gasteiger charge is -2.21. The van der Waals surface area contributed by atoms with Crippen LogP contribution in [0.15, 0.2) is 24.3 Å². The maximum atomic E-state index is 12.2. The van der Waals surface area contributed by atoms with Gasteiger partial charge >= 0.3 is 0 Å². The predicted octanol–water partition coefficient (Wildman–Crippen LogP) is 0.781. The molecule has 1 atom stereocenters. The number of nitrogens with zero attached hydrogens (tertiary/aromatic N) is 1. The highest BCUT2D eigenvalue weighted by Crippen LogP contribution is 2.12. The summed E-state index contributed by atoms with van der Waals surface area (Å²) in [6.45, 7) is 2.15. The van der Waals surface area contributed by atoms with Crippen molar-refractivity contribution in [1.82, 2.24) is 10.2 Å². The van der Waals surface area contributed by atoms with Crippen LogP contribution in [-0.2, 0) is 16.0 Å². The Morgan fingerprint density at radius 1 is 1.13 bits per heavy atom. The molecule has 0 saturated carbocycles. The number of phenolic OH excluding ortho intramolecular Hbond substituents is 1. The van der Waals surface area contributed by atoms with Crippen molar-refractivity contribution >= 4 is 11.8 Å². The summed E-state index contributed by atoms with van der Waals surface area (Å²) >= 11 is 0. The number of aromatic hydroxyl groups is 1. The molecule has 23 heavy (non-hydrogen) atoms. The van der Waals surface area contributed by atoms with Gasteiger partial charge in [0.1, 0.15) is 11.8 Å². The molecule has 0 aromatic heterocycles. The van der Waals surface area contributed by atoms with E-state index in [4.69, 9.17) is 5.73 Å². The molecule has 1 heterocycles. The molecule has 1 aromatic carbocycles. The second-order valence-electron chi connectivity index (χ2n) is 6.08. The number of hydrogen-bond donors (Lipinski definition) is 3. The van der Waals surface area contributed by atoms with Crippen LogP contribution < -0.4 is 11.1 Å². The first-order chi connectivity index (χ1) is 11.0. The van der Waals surface area contributed by atoms with Crippen molar-refractivity contribution in [1.29, 1.82) is 0 Å². The van der Waals surface area contributed by atoms with Crippen molar-refractivity contribution < 1.29 is 14.7 Å². The molecule has 2 rings (SSSR count). The summed E-state index contributed by atoms with van der Waals surface area (Å²) in [5.74, 6) is -0.564. The maximum absolute atomic E-state index is 12.2. The van der Waals surface area contributed by atoms with Crippen LogP contribution in [0.1, 0.15) is 31.2 Å². The molecular weight excluding hydrogens is 294 g/mol. The molecule has 1 fully saturated rings. The Morgan fingerprint density at radius 3 is 2.30 bits per heavy atom. The molecular formula is C17H25N3O3. The third kappa shape index (κ3) is 5.90. The van der Waals surface area contributed by atoms with Gasteiger partial charge in [-0.2, -0.15) is 0 Å². The Labute approximate surface area is 136 Å². The minimum absolute atomic E-state index is 0.162. The van der Waals surface area contributed by atoms with Crippen molar-refractivity contribution in [2.75, 3.05) is 19.6 Å². The van der Waals surface area contributed by atoms with Gasteiger partial charge in [-0.15, -0.1) is 0 Å². The first-order valence-corrected chi connectivity index (χ1v) is 8.13. The van der Waals surface area contributed by atoms with Crippen LogP contribution in [0.25, 0.3) is 0 Å². The van der Waals surface area contributed by atoms with Crippen molar-refractivity contribution in [3.05, 3.63) is 29.8 Å². The standard InChI is InChI=1S/C17H25N3O3/c18-17(23)15(11-13-5-7-14(21)8-6-13)19-16(22)12-20-9-3-1-2-4-10-20/h5-8,15,21H,1-4,9-12H2,(H2,18,23)(H,19,22)/t15-/m0/s1. The third-order valence-electron chi connectivity index (χ3n) is 4.12. The summed E-state index contributed by atoms with van der Waals surface area (Å²) < 4.78 is 0. The summed E-state index contributed by atoms with van der Waals surface area (Å²) in [5.41, 5.74) is 6.24. The number of amides is 2. The fourth-order valence-electron chi connectivity index (χ4n) is 2.83. The zero-order valence-electron chi connectivity index (χ0n) is 13.3. The van der Waals surface area contributed by atoms with Crippen LogP contribution in [-0.4, -0.2) is 47.5 Å². The molecule has 6 nitrogen and oxygen atoms in total. The highest BCUT2D eigenvalue weighted by atomic mass is 16.3. The van der Waals surface area contributed by atoms with E-state index in [-0.39, 0.29) is 11.7 Å². The number of carbonyl (C=O) groups is 2. The molecule has 2 amide bonds. The van der Waals surface area contributed by atoms with Crippen molar-refractivity contribution in [3.8, 4) is 5.75 Å². The van der Waals surface area contributed by atoms with Gasteiger partial charge < -0.3 is 16.2 Å². The molecule has 0 spiro atoms. The molecule has 0 aliphatic carbocycles. The van der Waals surface area contributed by atoms with Gasteiger partial charge in [0.15, 0.2) is 0 Å². The third-order valence-corrected chi connectivity index (χ3v) is 4.12. The summed E-state index contributed by atoms with van der Waals surface area (Å²) in [6.07, 6.45) is 4.97. The quantitative estimate of drug-likeness (QED) is 0.722. The van der Waals surface area contributed by atoms with E-state index in [9.17, 15) is 14.7 Å². The number of rotatable bonds is 6. The van der Waals surface area contributed by atoms with Crippen molar-refractivity contribution in [2.24, 2.45) is 5.73 Å². The Balaban J connectivity index is 1.88. The predicted molar refractivity (Wildman–Crippen MR) is 87.8 cm³/mol. The number of nitrogens with two attached hydrogens (primary N) is 1. The highest BCUT2D eigenvalue weighted by molar-refractivity contribution is 5.87. The van der Waals surface area contributed by atoms with Gasteiger partial charge in [0.05, 0.1) is 6.54 Å². The fraction of sp³-hybridized carbons (Fsp3) is 0.529. The Morgan fingerprint density at radius 2 is 1.74 bits per heavy atom. The van der Waals surface area contributed by atoms with Crippen LogP contribution in [0.5, 0.6) is 5.75 Å². The average Bonchev–Trinajstić information content (AvgIpc) is 2.77. The normalized spacial score (nSPS) is 17.2. The summed E-state index contributed by atoms with van der Waals surface area (Å²) in [6, 6.07) is 5.79. The van der Waals surface area contributed by atoms with E-state index in [0.29, 0.717) is 13.0 Å². The number of likely N-dealkylation sites (tertiary alicyclic amines) is 1. The molecule has 1 aliphatic rings. The highest BCUT2D eigenvalue weighted by Gasteiger charge is 2.20. The molecule has 6 heteroatoms. The van der Waals surface area contributed by atoms with Gasteiger partial charge in [0, 0.05) is 6.42 Å². The Kier molecular flexibility index (Phi) is 6.40. The van der Waals surface area contributed by atoms with Crippen LogP contribution in [0, 0.1) is 0 Å². The van der Waals surface area contributed by atoms with Gasteiger partial charge in [-0.25, -0.2) is 0 Å². The van der Waals surface area contributed by atoms with Gasteiger partial charge in [0.25, 0.3) is 0 Å². The molecule has 0 radical (unpaired) electrons. The largest absolute Gasteiger partial charge is 0.508 e. The first-order valence-electron chi connectivity index (χ1n) is 8.13. The first kappa shape index (κ1) is 17.3. The minimum Gasteiger partial charge on any atom is -0.508 e. The Bertz CT molecular complexity index is 522. The lowest BCUT2D eigenvalue weighted by Crippen LogP contribution is -2.49. The molecule has 1 aliphatic heterocycles. The van der Waals surface area contributed by atoms with E-state index in [1.165, 1.54) is 12.8 Å². The molecule has 1 saturated heterocycles. The van der Waals surface area contributed by atoms with Crippen LogP contribution in [0.3, 0.4) is 0 Å². The zero-order valence-corrected chi connectivity index (χ0v) is 13.3. The maximum Gasteiger partial charge on any atom is 0.240 e. The van der Waals surface area contributed by atoms with Crippen LogP contribution >= 0.6 is 0 Å². The van der Waals surface area contributed by atoms with E-state index in [0.717, 1.165) is 31.5 Å². The molecule has 126 valence electrons. The Hall–Kier alpha value is -2.08. The smallest absolute Gasteiger partial charge is 0.240 e. The number of carbonyl (C=O) groups excluding carboxylic acids is 2. The second-order valence-corrected chi connectivity index (χ2v) is 6.08. The number of nitrogens with one attached hydrogen (secondary N) is 1. The van der Waals surface area contributed by atoms with E-state index >= 15 is 0 Å². The van der Waals surface area contributed by atoms with E-state index in [1.807, 2.05) is 0 Å². The van der Waals surface area contributed by atoms with Crippen molar-refractivity contribution in [3.63, 3.8) is 0 Å². The van der Waals surface area contributed by atoms with E-state index < -0.39 is 11.9 Å². The summed E-state index contributed by atoms with van der Waals surface area (Å²) in [5, 5.41) is 12.0. The number of benzene rings is 1. The molecule has 0 bridgehead atoms. The second kappa shape index (κ2) is 8.53. The monoisotopic (exact) mass is 319 g/mol. The van der Waals surface area contributed by atoms with Gasteiger partial charge in [-0.05, 0) is 43.6 Å². The number of primary amides is 1. The lowest BCUT2D eigenvalue weighted by molar-refractivity contribution is -0.128. The lowest BCUT2D eigenvalue weighted by atomic mass is 10.1. The topological polar surface area (TPSA) is 95.7 Å². The fourth-order valence-corrected chi connectivity index (χ4v) is 2.83. The minimum atomic E-state index is -0.737. The van der Waals surface area contributed by atoms with Gasteiger partial charge in [-0.3, -0.25) is 14.5 Å². The molecule has 0 unspecified atom stereocenters. The van der Waals surface area contributed by atoms with Crippen molar-refractivity contribution in [2.45, 2.75) is 38.1 Å². The van der Waals surface area contributed by atoms with E-state index in [1.54, 1.807) is 24.3 Å². The van der Waals surface area contributed by atoms with E-state index in [2.05, 4.69) is 10.2 Å². The molecule has 4 N–H and O–H groups in total. The number of hydrogen-bond acceptors (Lipinski definition) is 4. The SMILES string of the molecule is NC(=O)[C@H](Cc1ccc(O)cc1)NC(=O)CN1CCCCCC1. The van der Waals surface area contributed by atoms with Gasteiger partial charge in [0.2, 0.25) is 11.8 Å². The summed E-state index contributed by atoms with van der Waals surface area (Å²) in [7, 11) is 0. The van der Waals surface area contributed by atoms with Gasteiger partial charge in [-0.1, -0.05) is 25.0 Å².